The van der Waals surface area contributed by atoms with Crippen LogP contribution in [-0.4, -0.2) is 49.4 Å². The van der Waals surface area contributed by atoms with Crippen molar-refractivity contribution in [3.05, 3.63) is 0 Å². The molecule has 0 aromatic heterocycles. The van der Waals surface area contributed by atoms with Crippen LogP contribution in [0.15, 0.2) is 0 Å². The standard InChI is InChI=1S/C16H29N3O2/c1-17-14-8-5-11-19(12-14)15(20)9-10-18-16(21)13-6-3-2-4-7-13/h13-14,17H,2-12H2,1H3,(H,18,21). The van der Waals surface area contributed by atoms with Crippen molar-refractivity contribution in [1.29, 1.82) is 0 Å². The topological polar surface area (TPSA) is 61.4 Å². The molecule has 1 saturated carbocycles. The third kappa shape index (κ3) is 4.99. The molecule has 2 aliphatic rings. The zero-order valence-electron chi connectivity index (χ0n) is 13.2. The van der Waals surface area contributed by atoms with E-state index in [1.165, 1.54) is 6.42 Å². The van der Waals surface area contributed by atoms with Crippen molar-refractivity contribution in [2.45, 2.75) is 57.4 Å². The Labute approximate surface area is 127 Å². The Morgan fingerprint density at radius 3 is 2.57 bits per heavy atom. The molecule has 0 radical (unpaired) electrons. The molecule has 120 valence electrons. The van der Waals surface area contributed by atoms with Crippen LogP contribution in [0.25, 0.3) is 0 Å². The van der Waals surface area contributed by atoms with Gasteiger partial charge in [-0.25, -0.2) is 0 Å². The predicted molar refractivity (Wildman–Crippen MR) is 82.9 cm³/mol. The quantitative estimate of drug-likeness (QED) is 0.803. The van der Waals surface area contributed by atoms with Gasteiger partial charge in [0.25, 0.3) is 0 Å². The molecule has 2 rings (SSSR count). The summed E-state index contributed by atoms with van der Waals surface area (Å²) in [7, 11) is 1.95. The van der Waals surface area contributed by atoms with Crippen molar-refractivity contribution < 1.29 is 9.59 Å². The first kappa shape index (κ1) is 16.3. The summed E-state index contributed by atoms with van der Waals surface area (Å²) in [6.07, 6.45) is 8.22. The molecule has 1 atom stereocenters. The fourth-order valence-electron chi connectivity index (χ4n) is 3.40. The van der Waals surface area contributed by atoms with Gasteiger partial charge in [-0.1, -0.05) is 19.3 Å². The van der Waals surface area contributed by atoms with Crippen molar-refractivity contribution in [2.75, 3.05) is 26.7 Å². The first-order valence-corrected chi connectivity index (χ1v) is 8.43. The van der Waals surface area contributed by atoms with Crippen LogP contribution in [0.1, 0.15) is 51.4 Å². The first-order valence-electron chi connectivity index (χ1n) is 8.43. The minimum atomic E-state index is 0.147. The normalized spacial score (nSPS) is 23.9. The molecule has 1 aliphatic carbocycles. The number of rotatable bonds is 5. The minimum Gasteiger partial charge on any atom is -0.355 e. The zero-order valence-corrected chi connectivity index (χ0v) is 13.2. The van der Waals surface area contributed by atoms with Gasteiger partial charge in [-0.3, -0.25) is 9.59 Å². The number of likely N-dealkylation sites (tertiary alicyclic amines) is 1. The summed E-state index contributed by atoms with van der Waals surface area (Å²) in [5.74, 6) is 0.491. The summed E-state index contributed by atoms with van der Waals surface area (Å²) in [4.78, 5) is 26.1. The SMILES string of the molecule is CNC1CCCN(C(=O)CCNC(=O)C2CCCCC2)C1. The summed E-state index contributed by atoms with van der Waals surface area (Å²) in [5.41, 5.74) is 0. The summed E-state index contributed by atoms with van der Waals surface area (Å²) in [6, 6.07) is 0.416. The van der Waals surface area contributed by atoms with Crippen LogP contribution in [0, 0.1) is 5.92 Å². The molecule has 0 spiro atoms. The summed E-state index contributed by atoms with van der Waals surface area (Å²) in [5, 5.41) is 6.19. The smallest absolute Gasteiger partial charge is 0.224 e. The van der Waals surface area contributed by atoms with Crippen LogP contribution in [-0.2, 0) is 9.59 Å². The number of hydrogen-bond acceptors (Lipinski definition) is 3. The Hall–Kier alpha value is -1.10. The van der Waals surface area contributed by atoms with Gasteiger partial charge in [0.05, 0.1) is 0 Å². The molecule has 0 bridgehead atoms. The van der Waals surface area contributed by atoms with E-state index in [9.17, 15) is 9.59 Å². The summed E-state index contributed by atoms with van der Waals surface area (Å²) < 4.78 is 0. The number of likely N-dealkylation sites (N-methyl/N-ethyl adjacent to an activating group) is 1. The molecule has 0 aromatic carbocycles. The van der Waals surface area contributed by atoms with Crippen molar-refractivity contribution in [2.24, 2.45) is 5.92 Å². The average molecular weight is 295 g/mol. The van der Waals surface area contributed by atoms with Gasteiger partial charge in [0.1, 0.15) is 0 Å². The Kier molecular flexibility index (Phi) is 6.49. The highest BCUT2D eigenvalue weighted by molar-refractivity contribution is 5.80. The van der Waals surface area contributed by atoms with Gasteiger partial charge in [0.2, 0.25) is 11.8 Å². The van der Waals surface area contributed by atoms with Crippen LogP contribution in [0.3, 0.4) is 0 Å². The van der Waals surface area contributed by atoms with Crippen molar-refractivity contribution >= 4 is 11.8 Å². The Morgan fingerprint density at radius 2 is 1.86 bits per heavy atom. The Balaban J connectivity index is 1.65. The lowest BCUT2D eigenvalue weighted by atomic mass is 9.89. The number of amides is 2. The largest absolute Gasteiger partial charge is 0.355 e. The second-order valence-electron chi connectivity index (χ2n) is 6.34. The molecule has 2 amide bonds. The number of piperidine rings is 1. The maximum absolute atomic E-state index is 12.2. The maximum atomic E-state index is 12.2. The molecule has 2 N–H and O–H groups in total. The van der Waals surface area contributed by atoms with E-state index in [0.29, 0.717) is 19.0 Å². The monoisotopic (exact) mass is 295 g/mol. The Morgan fingerprint density at radius 1 is 1.10 bits per heavy atom. The third-order valence-corrected chi connectivity index (χ3v) is 4.80. The van der Waals surface area contributed by atoms with Gasteiger partial charge >= 0.3 is 0 Å². The second kappa shape index (κ2) is 8.37. The average Bonchev–Trinajstić information content (AvgIpc) is 2.55. The number of carbonyl (C=O) groups is 2. The van der Waals surface area contributed by atoms with Crippen LogP contribution < -0.4 is 10.6 Å². The second-order valence-corrected chi connectivity index (χ2v) is 6.34. The Bertz CT molecular complexity index is 353. The van der Waals surface area contributed by atoms with Gasteiger partial charge in [0, 0.05) is 38.0 Å². The third-order valence-electron chi connectivity index (χ3n) is 4.80. The van der Waals surface area contributed by atoms with Gasteiger partial charge in [0.15, 0.2) is 0 Å². The van der Waals surface area contributed by atoms with E-state index in [4.69, 9.17) is 0 Å². The molecule has 5 heteroatoms. The summed E-state index contributed by atoms with van der Waals surface area (Å²) in [6.45, 7) is 2.13. The lowest BCUT2D eigenvalue weighted by Crippen LogP contribution is -2.47. The maximum Gasteiger partial charge on any atom is 0.224 e. The molecule has 2 fully saturated rings. The molecule has 0 aromatic rings. The van der Waals surface area contributed by atoms with Crippen LogP contribution in [0.5, 0.6) is 0 Å². The molecular weight excluding hydrogens is 266 g/mol. The van der Waals surface area contributed by atoms with Gasteiger partial charge < -0.3 is 15.5 Å². The number of nitrogens with zero attached hydrogens (tertiary/aromatic N) is 1. The van der Waals surface area contributed by atoms with Crippen molar-refractivity contribution in [3.63, 3.8) is 0 Å². The number of carbonyl (C=O) groups excluding carboxylic acids is 2. The van der Waals surface area contributed by atoms with E-state index in [1.54, 1.807) is 0 Å². The van der Waals surface area contributed by atoms with E-state index in [2.05, 4.69) is 10.6 Å². The van der Waals surface area contributed by atoms with Gasteiger partial charge in [-0.2, -0.15) is 0 Å². The highest BCUT2D eigenvalue weighted by Gasteiger charge is 2.23. The van der Waals surface area contributed by atoms with Crippen LogP contribution in [0.2, 0.25) is 0 Å². The minimum absolute atomic E-state index is 0.147. The van der Waals surface area contributed by atoms with E-state index < -0.39 is 0 Å². The van der Waals surface area contributed by atoms with Crippen LogP contribution >= 0.6 is 0 Å². The number of nitrogens with one attached hydrogen (secondary N) is 2. The molecule has 21 heavy (non-hydrogen) atoms. The molecule has 1 unspecified atom stereocenters. The van der Waals surface area contributed by atoms with E-state index >= 15 is 0 Å². The molecule has 1 aliphatic heterocycles. The number of hydrogen-bond donors (Lipinski definition) is 2. The lowest BCUT2D eigenvalue weighted by Gasteiger charge is -2.32. The lowest BCUT2D eigenvalue weighted by molar-refractivity contribution is -0.132. The highest BCUT2D eigenvalue weighted by Crippen LogP contribution is 2.23. The first-order chi connectivity index (χ1) is 10.2. The van der Waals surface area contributed by atoms with E-state index in [-0.39, 0.29) is 17.7 Å². The van der Waals surface area contributed by atoms with Gasteiger partial charge in [-0.05, 0) is 32.7 Å². The predicted octanol–water partition coefficient (Wildman–Crippen LogP) is 1.28. The highest BCUT2D eigenvalue weighted by atomic mass is 16.2. The zero-order chi connectivity index (χ0) is 15.1. The van der Waals surface area contributed by atoms with E-state index in [0.717, 1.165) is 51.6 Å². The van der Waals surface area contributed by atoms with Gasteiger partial charge in [-0.15, -0.1) is 0 Å². The van der Waals surface area contributed by atoms with E-state index in [1.807, 2.05) is 11.9 Å². The molecular formula is C16H29N3O2. The molecule has 5 nitrogen and oxygen atoms in total. The summed E-state index contributed by atoms with van der Waals surface area (Å²) >= 11 is 0. The fraction of sp³-hybridized carbons (Fsp3) is 0.875. The van der Waals surface area contributed by atoms with Crippen molar-refractivity contribution in [3.8, 4) is 0 Å². The fourth-order valence-corrected chi connectivity index (χ4v) is 3.40. The molecule has 1 saturated heterocycles. The van der Waals surface area contributed by atoms with Crippen molar-refractivity contribution in [1.82, 2.24) is 15.5 Å². The molecule has 1 heterocycles. The van der Waals surface area contributed by atoms with Crippen LogP contribution in [0.4, 0.5) is 0 Å².